The predicted molar refractivity (Wildman–Crippen MR) is 73.8 cm³/mol. The van der Waals surface area contributed by atoms with Gasteiger partial charge in [-0.1, -0.05) is 19.3 Å². The highest BCUT2D eigenvalue weighted by atomic mass is 35.5. The fourth-order valence-corrected chi connectivity index (χ4v) is 2.29. The normalized spacial score (nSPS) is 17.4. The quantitative estimate of drug-likeness (QED) is 0.894. The molecule has 6 heteroatoms. The van der Waals surface area contributed by atoms with E-state index in [9.17, 15) is 9.18 Å². The molecule has 1 aliphatic carbocycles. The molecule has 2 rings (SSSR count). The third kappa shape index (κ3) is 4.44. The Bertz CT molecular complexity index is 418. The van der Waals surface area contributed by atoms with Crippen molar-refractivity contribution in [1.29, 1.82) is 0 Å². The zero-order valence-electron chi connectivity index (χ0n) is 10.7. The lowest BCUT2D eigenvalue weighted by atomic mass is 9.82. The summed E-state index contributed by atoms with van der Waals surface area (Å²) in [6.45, 7) is 0.449. The number of halogens is 2. The van der Waals surface area contributed by atoms with E-state index in [2.05, 4.69) is 10.3 Å². The number of pyridine rings is 1. The van der Waals surface area contributed by atoms with E-state index >= 15 is 0 Å². The number of nitrogens with two attached hydrogens (primary N) is 1. The number of carbonyl (C=O) groups excluding carboxylic acids is 1. The number of hydrogen-bond donors (Lipinski definition) is 2. The van der Waals surface area contributed by atoms with Crippen molar-refractivity contribution in [2.24, 2.45) is 5.73 Å². The molecule has 19 heavy (non-hydrogen) atoms. The Morgan fingerprint density at radius 2 is 2.05 bits per heavy atom. The third-order valence-electron chi connectivity index (χ3n) is 3.41. The molecule has 4 nitrogen and oxygen atoms in total. The maximum Gasteiger partial charge on any atom is 0.269 e. The monoisotopic (exact) mass is 287 g/mol. The summed E-state index contributed by atoms with van der Waals surface area (Å²) < 4.78 is 12.7. The average molecular weight is 288 g/mol. The van der Waals surface area contributed by atoms with Gasteiger partial charge >= 0.3 is 0 Å². The van der Waals surface area contributed by atoms with Crippen LogP contribution in [0.5, 0.6) is 0 Å². The number of amides is 1. The Kier molecular flexibility index (Phi) is 5.69. The van der Waals surface area contributed by atoms with E-state index in [-0.39, 0.29) is 29.5 Å². The van der Waals surface area contributed by atoms with Crippen molar-refractivity contribution in [2.45, 2.75) is 37.6 Å². The van der Waals surface area contributed by atoms with Gasteiger partial charge in [-0.3, -0.25) is 4.79 Å². The Balaban J connectivity index is 0.00000180. The number of hydrogen-bond acceptors (Lipinski definition) is 3. The number of carbonyl (C=O) groups is 1. The molecule has 1 amide bonds. The maximum absolute atomic E-state index is 12.7. The van der Waals surface area contributed by atoms with Crippen LogP contribution in [0.3, 0.4) is 0 Å². The van der Waals surface area contributed by atoms with Crippen LogP contribution in [-0.4, -0.2) is 23.0 Å². The molecule has 1 fully saturated rings. The SMILES string of the molecule is Cl.NC1(CNC(=O)c2ccc(F)cn2)CCCCC1. The van der Waals surface area contributed by atoms with Gasteiger partial charge in [0.15, 0.2) is 0 Å². The molecule has 1 saturated carbocycles. The molecule has 1 aromatic heterocycles. The van der Waals surface area contributed by atoms with Crippen molar-refractivity contribution >= 4 is 18.3 Å². The van der Waals surface area contributed by atoms with Crippen LogP contribution in [0.1, 0.15) is 42.6 Å². The molecule has 0 unspecified atom stereocenters. The first-order valence-corrected chi connectivity index (χ1v) is 6.28. The summed E-state index contributed by atoms with van der Waals surface area (Å²) in [5, 5.41) is 2.78. The summed E-state index contributed by atoms with van der Waals surface area (Å²) in [4.78, 5) is 15.5. The number of rotatable bonds is 3. The van der Waals surface area contributed by atoms with E-state index in [1.165, 1.54) is 18.6 Å². The van der Waals surface area contributed by atoms with Crippen molar-refractivity contribution in [1.82, 2.24) is 10.3 Å². The minimum atomic E-state index is -0.450. The first kappa shape index (κ1) is 15.9. The summed E-state index contributed by atoms with van der Waals surface area (Å²) in [7, 11) is 0. The summed E-state index contributed by atoms with van der Waals surface area (Å²) in [5.74, 6) is -0.750. The molecule has 0 aliphatic heterocycles. The van der Waals surface area contributed by atoms with Crippen LogP contribution < -0.4 is 11.1 Å². The average Bonchev–Trinajstić information content (AvgIpc) is 2.38. The zero-order chi connectivity index (χ0) is 13.0. The van der Waals surface area contributed by atoms with E-state index in [1.807, 2.05) is 0 Å². The molecule has 0 bridgehead atoms. The third-order valence-corrected chi connectivity index (χ3v) is 3.41. The van der Waals surface area contributed by atoms with Crippen LogP contribution in [0.15, 0.2) is 18.3 Å². The molecule has 1 aliphatic rings. The molecular formula is C13H19ClFN3O. The molecule has 106 valence electrons. The largest absolute Gasteiger partial charge is 0.349 e. The molecule has 3 N–H and O–H groups in total. The fraction of sp³-hybridized carbons (Fsp3) is 0.538. The summed E-state index contributed by atoms with van der Waals surface area (Å²) >= 11 is 0. The molecule has 0 radical (unpaired) electrons. The van der Waals surface area contributed by atoms with Gasteiger partial charge in [-0.05, 0) is 25.0 Å². The van der Waals surface area contributed by atoms with Crippen LogP contribution >= 0.6 is 12.4 Å². The second-order valence-corrected chi connectivity index (χ2v) is 4.97. The topological polar surface area (TPSA) is 68.0 Å². The van der Waals surface area contributed by atoms with Gasteiger partial charge in [0.05, 0.1) is 6.20 Å². The van der Waals surface area contributed by atoms with Crippen molar-refractivity contribution in [3.8, 4) is 0 Å². The van der Waals surface area contributed by atoms with E-state index in [4.69, 9.17) is 5.73 Å². The van der Waals surface area contributed by atoms with E-state index in [0.717, 1.165) is 31.9 Å². The number of nitrogens with one attached hydrogen (secondary N) is 1. The highest BCUT2D eigenvalue weighted by Crippen LogP contribution is 2.25. The smallest absolute Gasteiger partial charge is 0.269 e. The number of nitrogens with zero attached hydrogens (tertiary/aromatic N) is 1. The van der Waals surface area contributed by atoms with Crippen LogP contribution in [-0.2, 0) is 0 Å². The van der Waals surface area contributed by atoms with Gasteiger partial charge in [0.2, 0.25) is 0 Å². The van der Waals surface area contributed by atoms with Gasteiger partial charge in [0, 0.05) is 12.1 Å². The molecule has 1 aromatic rings. The lowest BCUT2D eigenvalue weighted by Gasteiger charge is -2.33. The first-order chi connectivity index (χ1) is 8.59. The van der Waals surface area contributed by atoms with Gasteiger partial charge < -0.3 is 11.1 Å². The molecule has 1 heterocycles. The standard InChI is InChI=1S/C13H18FN3O.ClH/c14-10-4-5-11(16-8-10)12(18)17-9-13(15)6-2-1-3-7-13;/h4-5,8H,1-3,6-7,9,15H2,(H,17,18);1H. The predicted octanol–water partition coefficient (Wildman–Crippen LogP) is 2.03. The van der Waals surface area contributed by atoms with Gasteiger partial charge in [0.25, 0.3) is 5.91 Å². The lowest BCUT2D eigenvalue weighted by Crippen LogP contribution is -2.51. The molecule has 0 atom stereocenters. The first-order valence-electron chi connectivity index (χ1n) is 6.28. The van der Waals surface area contributed by atoms with Crippen LogP contribution in [0, 0.1) is 5.82 Å². The molecule has 0 saturated heterocycles. The van der Waals surface area contributed by atoms with Crippen LogP contribution in [0.4, 0.5) is 4.39 Å². The van der Waals surface area contributed by atoms with Crippen LogP contribution in [0.25, 0.3) is 0 Å². The van der Waals surface area contributed by atoms with E-state index < -0.39 is 5.82 Å². The molecule has 0 spiro atoms. The summed E-state index contributed by atoms with van der Waals surface area (Å²) in [5.41, 5.74) is 6.14. The van der Waals surface area contributed by atoms with Crippen molar-refractivity contribution in [3.05, 3.63) is 29.8 Å². The highest BCUT2D eigenvalue weighted by molar-refractivity contribution is 5.92. The minimum absolute atomic E-state index is 0. The second kappa shape index (κ2) is 6.82. The Morgan fingerprint density at radius 1 is 1.37 bits per heavy atom. The lowest BCUT2D eigenvalue weighted by molar-refractivity contribution is 0.0932. The van der Waals surface area contributed by atoms with E-state index in [0.29, 0.717) is 6.54 Å². The summed E-state index contributed by atoms with van der Waals surface area (Å²) in [6, 6.07) is 2.59. The van der Waals surface area contributed by atoms with Crippen molar-refractivity contribution < 1.29 is 9.18 Å². The zero-order valence-corrected chi connectivity index (χ0v) is 11.5. The van der Waals surface area contributed by atoms with Crippen molar-refractivity contribution in [3.63, 3.8) is 0 Å². The van der Waals surface area contributed by atoms with E-state index in [1.54, 1.807) is 0 Å². The number of aromatic nitrogens is 1. The van der Waals surface area contributed by atoms with Crippen LogP contribution in [0.2, 0.25) is 0 Å². The highest BCUT2D eigenvalue weighted by Gasteiger charge is 2.27. The Labute approximate surface area is 118 Å². The summed E-state index contributed by atoms with van der Waals surface area (Å²) in [6.07, 6.45) is 6.34. The van der Waals surface area contributed by atoms with Gasteiger partial charge in [-0.15, -0.1) is 12.4 Å². The Morgan fingerprint density at radius 3 is 2.63 bits per heavy atom. The van der Waals surface area contributed by atoms with Gasteiger partial charge in [-0.25, -0.2) is 9.37 Å². The minimum Gasteiger partial charge on any atom is -0.349 e. The molecular weight excluding hydrogens is 269 g/mol. The molecule has 0 aromatic carbocycles. The second-order valence-electron chi connectivity index (χ2n) is 4.97. The van der Waals surface area contributed by atoms with Gasteiger partial charge in [0.1, 0.15) is 11.5 Å². The fourth-order valence-electron chi connectivity index (χ4n) is 2.29. The Hall–Kier alpha value is -1.20. The van der Waals surface area contributed by atoms with Gasteiger partial charge in [-0.2, -0.15) is 0 Å². The van der Waals surface area contributed by atoms with Crippen molar-refractivity contribution in [2.75, 3.05) is 6.54 Å². The maximum atomic E-state index is 12.7.